The molecule has 16 nitrogen and oxygen atoms in total. The van der Waals surface area contributed by atoms with Crippen LogP contribution in [0.4, 0.5) is 0 Å². The highest BCUT2D eigenvalue weighted by Crippen LogP contribution is 2.11. The topological polar surface area (TPSA) is 290 Å². The molecule has 3 amide bonds. The molecule has 0 rings (SSSR count). The van der Waals surface area contributed by atoms with Crippen molar-refractivity contribution in [1.82, 2.24) is 16.0 Å². The highest BCUT2D eigenvalue weighted by Gasteiger charge is 2.32. The summed E-state index contributed by atoms with van der Waals surface area (Å²) in [5.41, 5.74) is 16.3. The lowest BCUT2D eigenvalue weighted by Crippen LogP contribution is -2.58. The molecular formula is C22H39N7O9. The second-order valence-electron chi connectivity index (χ2n) is 8.75. The summed E-state index contributed by atoms with van der Waals surface area (Å²) in [4.78, 5) is 75.5. The van der Waals surface area contributed by atoms with Crippen molar-refractivity contribution in [2.75, 3.05) is 6.54 Å². The first kappa shape index (κ1) is 34.0. The van der Waals surface area contributed by atoms with Gasteiger partial charge in [0, 0.05) is 19.4 Å². The van der Waals surface area contributed by atoms with Gasteiger partial charge in [0.2, 0.25) is 17.7 Å². The van der Waals surface area contributed by atoms with Crippen molar-refractivity contribution < 1.29 is 44.1 Å². The number of carbonyl (C=O) groups is 6. The van der Waals surface area contributed by atoms with E-state index in [4.69, 9.17) is 27.4 Å². The number of nitrogens with one attached hydrogen (secondary N) is 3. The summed E-state index contributed by atoms with van der Waals surface area (Å²) in [5, 5.41) is 34.2. The minimum Gasteiger partial charge on any atom is -0.481 e. The zero-order valence-corrected chi connectivity index (χ0v) is 21.5. The zero-order valence-electron chi connectivity index (χ0n) is 21.5. The van der Waals surface area contributed by atoms with E-state index < -0.39 is 72.1 Å². The fourth-order valence-corrected chi connectivity index (χ4v) is 3.20. The third-order valence-corrected chi connectivity index (χ3v) is 5.64. The van der Waals surface area contributed by atoms with E-state index in [0.717, 1.165) is 0 Å². The first-order valence-corrected chi connectivity index (χ1v) is 12.1. The first-order valence-electron chi connectivity index (χ1n) is 12.1. The molecule has 0 fully saturated rings. The van der Waals surface area contributed by atoms with Crippen LogP contribution in [0.25, 0.3) is 0 Å². The molecule has 0 bridgehead atoms. The predicted molar refractivity (Wildman–Crippen MR) is 135 cm³/mol. The average Bonchev–Trinajstić information content (AvgIpc) is 2.83. The largest absolute Gasteiger partial charge is 0.481 e. The molecule has 0 aromatic heterocycles. The van der Waals surface area contributed by atoms with E-state index >= 15 is 0 Å². The Morgan fingerprint density at radius 2 is 1.34 bits per heavy atom. The maximum atomic E-state index is 13.2. The van der Waals surface area contributed by atoms with Gasteiger partial charge in [-0.05, 0) is 31.6 Å². The number of rotatable bonds is 19. The highest BCUT2D eigenvalue weighted by molar-refractivity contribution is 5.94. The molecule has 216 valence electrons. The lowest BCUT2D eigenvalue weighted by molar-refractivity contribution is -0.143. The van der Waals surface area contributed by atoms with Crippen molar-refractivity contribution >= 4 is 41.6 Å². The van der Waals surface area contributed by atoms with E-state index in [1.807, 2.05) is 0 Å². The van der Waals surface area contributed by atoms with E-state index in [0.29, 0.717) is 6.42 Å². The van der Waals surface area contributed by atoms with Crippen LogP contribution in [0.2, 0.25) is 0 Å². The van der Waals surface area contributed by atoms with Crippen molar-refractivity contribution in [1.29, 1.82) is 0 Å². The molecule has 0 aromatic carbocycles. The molecule has 0 aromatic rings. The van der Waals surface area contributed by atoms with Crippen LogP contribution in [0.3, 0.4) is 0 Å². The average molecular weight is 546 g/mol. The van der Waals surface area contributed by atoms with Gasteiger partial charge in [-0.15, -0.1) is 0 Å². The number of amides is 3. The molecule has 0 spiro atoms. The quantitative estimate of drug-likeness (QED) is 0.0469. The van der Waals surface area contributed by atoms with Crippen molar-refractivity contribution in [3.05, 3.63) is 0 Å². The van der Waals surface area contributed by atoms with Crippen LogP contribution in [0, 0.1) is 5.92 Å². The number of hydrogen-bond donors (Lipinski definition) is 9. The number of guanidine groups is 1. The molecule has 12 N–H and O–H groups in total. The summed E-state index contributed by atoms with van der Waals surface area (Å²) >= 11 is 0. The summed E-state index contributed by atoms with van der Waals surface area (Å²) in [6, 6.07) is -5.12. The molecule has 5 atom stereocenters. The van der Waals surface area contributed by atoms with Crippen LogP contribution in [-0.2, 0) is 28.8 Å². The van der Waals surface area contributed by atoms with E-state index in [1.165, 1.54) is 0 Å². The van der Waals surface area contributed by atoms with Crippen LogP contribution in [0.5, 0.6) is 0 Å². The molecule has 0 saturated heterocycles. The Labute approximate surface area is 219 Å². The highest BCUT2D eigenvalue weighted by atomic mass is 16.4. The van der Waals surface area contributed by atoms with Gasteiger partial charge in [-0.25, -0.2) is 4.79 Å². The van der Waals surface area contributed by atoms with Crippen molar-refractivity contribution in [3.8, 4) is 0 Å². The summed E-state index contributed by atoms with van der Waals surface area (Å²) in [7, 11) is 0. The number of aliphatic imine (C=N–C) groups is 1. The van der Waals surface area contributed by atoms with Crippen LogP contribution in [0.15, 0.2) is 4.99 Å². The lowest BCUT2D eigenvalue weighted by atomic mass is 9.96. The third-order valence-electron chi connectivity index (χ3n) is 5.64. The van der Waals surface area contributed by atoms with Crippen LogP contribution in [-0.4, -0.2) is 87.6 Å². The monoisotopic (exact) mass is 545 g/mol. The van der Waals surface area contributed by atoms with Gasteiger partial charge in [-0.2, -0.15) is 0 Å². The van der Waals surface area contributed by atoms with Gasteiger partial charge >= 0.3 is 17.9 Å². The summed E-state index contributed by atoms with van der Waals surface area (Å²) in [6.07, 6.45) is -0.755. The number of carbonyl (C=O) groups excluding carboxylic acids is 3. The summed E-state index contributed by atoms with van der Waals surface area (Å²) < 4.78 is 0. The number of carboxylic acids is 3. The molecule has 0 aliphatic heterocycles. The standard InChI is InChI=1S/C22H39N7O9/c1-3-11(2)17(29-18(34)12(23)6-8-15(30)31)20(36)27-13(5-4-10-26-22(24)25)19(35)28-14(21(37)38)7-9-16(32)33/h11-14,17H,3-10,23H2,1-2H3,(H,27,36)(H,28,35)(H,29,34)(H,30,31)(H,32,33)(H,37,38)(H4,24,25,26). The number of carboxylic acid groups (broad SMARTS) is 3. The predicted octanol–water partition coefficient (Wildman–Crippen LogP) is -2.32. The van der Waals surface area contributed by atoms with E-state index in [-0.39, 0.29) is 44.6 Å². The van der Waals surface area contributed by atoms with Gasteiger partial charge in [0.05, 0.1) is 6.04 Å². The Hall–Kier alpha value is -3.95. The lowest BCUT2D eigenvalue weighted by Gasteiger charge is -2.28. The fraction of sp³-hybridized carbons (Fsp3) is 0.682. The van der Waals surface area contributed by atoms with Gasteiger partial charge in [-0.1, -0.05) is 20.3 Å². The Morgan fingerprint density at radius 1 is 0.789 bits per heavy atom. The van der Waals surface area contributed by atoms with Crippen molar-refractivity contribution in [2.24, 2.45) is 28.1 Å². The minimum absolute atomic E-state index is 0.0150. The molecule has 0 aliphatic carbocycles. The van der Waals surface area contributed by atoms with Gasteiger partial charge in [0.15, 0.2) is 5.96 Å². The van der Waals surface area contributed by atoms with Crippen molar-refractivity contribution in [3.63, 3.8) is 0 Å². The van der Waals surface area contributed by atoms with Crippen LogP contribution >= 0.6 is 0 Å². The SMILES string of the molecule is CCC(C)C(NC(=O)C(N)CCC(=O)O)C(=O)NC(CCCN=C(N)N)C(=O)NC(CCC(=O)O)C(=O)O. The smallest absolute Gasteiger partial charge is 0.326 e. The molecule has 0 saturated carbocycles. The summed E-state index contributed by atoms with van der Waals surface area (Å²) in [6.45, 7) is 3.54. The molecule has 0 aliphatic rings. The molecule has 0 heterocycles. The fourth-order valence-electron chi connectivity index (χ4n) is 3.20. The number of nitrogens with two attached hydrogens (primary N) is 3. The van der Waals surface area contributed by atoms with E-state index in [2.05, 4.69) is 20.9 Å². The van der Waals surface area contributed by atoms with Crippen molar-refractivity contribution in [2.45, 2.75) is 83.0 Å². The van der Waals surface area contributed by atoms with E-state index in [1.54, 1.807) is 13.8 Å². The molecule has 5 unspecified atom stereocenters. The maximum absolute atomic E-state index is 13.2. The third kappa shape index (κ3) is 14.0. The van der Waals surface area contributed by atoms with Gasteiger partial charge in [0.25, 0.3) is 0 Å². The number of hydrogen-bond acceptors (Lipinski definition) is 8. The Bertz CT molecular complexity index is 877. The molecule has 16 heteroatoms. The minimum atomic E-state index is -1.52. The summed E-state index contributed by atoms with van der Waals surface area (Å²) in [5.74, 6) is -6.83. The van der Waals surface area contributed by atoms with Gasteiger partial charge < -0.3 is 48.5 Å². The number of aliphatic carboxylic acids is 3. The molecule has 0 radical (unpaired) electrons. The maximum Gasteiger partial charge on any atom is 0.326 e. The van der Waals surface area contributed by atoms with Gasteiger partial charge in [-0.3, -0.25) is 29.0 Å². The van der Waals surface area contributed by atoms with E-state index in [9.17, 15) is 33.9 Å². The van der Waals surface area contributed by atoms with Crippen LogP contribution in [0.1, 0.15) is 58.8 Å². The second kappa shape index (κ2) is 17.5. The van der Waals surface area contributed by atoms with Crippen LogP contribution < -0.4 is 33.2 Å². The molecular weight excluding hydrogens is 506 g/mol. The zero-order chi connectivity index (χ0) is 29.4. The normalized spacial score (nSPS) is 14.6. The number of nitrogens with zero attached hydrogens (tertiary/aromatic N) is 1. The Morgan fingerprint density at radius 3 is 1.84 bits per heavy atom. The first-order chi connectivity index (χ1) is 17.7. The van der Waals surface area contributed by atoms with Gasteiger partial charge in [0.1, 0.15) is 18.1 Å². The Kier molecular flexibility index (Phi) is 15.7. The molecule has 38 heavy (non-hydrogen) atoms. The Balaban J connectivity index is 5.69. The second-order valence-corrected chi connectivity index (χ2v) is 8.75.